The molecule has 3 heteroatoms. The number of amides is 1. The van der Waals surface area contributed by atoms with Gasteiger partial charge in [-0.3, -0.25) is 4.79 Å². The molecule has 1 N–H and O–H groups in total. The van der Waals surface area contributed by atoms with Crippen molar-refractivity contribution in [3.05, 3.63) is 0 Å². The topological polar surface area (TPSA) is 32.3 Å². The summed E-state index contributed by atoms with van der Waals surface area (Å²) in [5, 5.41) is 3.46. The quantitative estimate of drug-likeness (QED) is 0.812. The lowest BCUT2D eigenvalue weighted by Gasteiger charge is -2.30. The van der Waals surface area contributed by atoms with Crippen LogP contribution in [0, 0.1) is 5.92 Å². The highest BCUT2D eigenvalue weighted by atomic mass is 16.2. The van der Waals surface area contributed by atoms with Crippen molar-refractivity contribution in [1.29, 1.82) is 0 Å². The third-order valence-electron chi connectivity index (χ3n) is 4.93. The number of hydrogen-bond donors (Lipinski definition) is 1. The average Bonchev–Trinajstić information content (AvgIpc) is 2.49. The van der Waals surface area contributed by atoms with Gasteiger partial charge in [0.2, 0.25) is 5.91 Å². The van der Waals surface area contributed by atoms with Crippen LogP contribution in [0.25, 0.3) is 0 Å². The van der Waals surface area contributed by atoms with E-state index in [9.17, 15) is 4.79 Å². The van der Waals surface area contributed by atoms with Gasteiger partial charge in [0.15, 0.2) is 0 Å². The molecule has 3 nitrogen and oxygen atoms in total. The Kier molecular flexibility index (Phi) is 3.37. The van der Waals surface area contributed by atoms with Crippen molar-refractivity contribution in [2.45, 2.75) is 63.5 Å². The number of carbonyl (C=O) groups is 1. The zero-order chi connectivity index (χ0) is 11.7. The minimum atomic E-state index is 0.438. The maximum Gasteiger partial charge on any atom is 0.223 e. The van der Waals surface area contributed by atoms with Crippen LogP contribution in [0.3, 0.4) is 0 Å². The first-order valence-electron chi connectivity index (χ1n) is 7.36. The highest BCUT2D eigenvalue weighted by Gasteiger charge is 2.37. The summed E-state index contributed by atoms with van der Waals surface area (Å²) in [4.78, 5) is 14.6. The normalized spacial score (nSPS) is 33.3. The number of carbonyl (C=O) groups excluding carboxylic acids is 1. The summed E-state index contributed by atoms with van der Waals surface area (Å²) in [5.41, 5.74) is 0. The van der Waals surface area contributed by atoms with Gasteiger partial charge in [0.1, 0.15) is 0 Å². The van der Waals surface area contributed by atoms with E-state index in [0.29, 0.717) is 18.0 Å². The Balaban J connectivity index is 1.56. The van der Waals surface area contributed by atoms with Gasteiger partial charge in [-0.2, -0.15) is 0 Å². The number of hydrogen-bond acceptors (Lipinski definition) is 2. The fourth-order valence-electron chi connectivity index (χ4n) is 3.63. The first-order chi connectivity index (χ1) is 8.34. The molecular weight excluding hydrogens is 212 g/mol. The summed E-state index contributed by atoms with van der Waals surface area (Å²) in [6.45, 7) is 2.11. The van der Waals surface area contributed by atoms with Gasteiger partial charge in [-0.15, -0.1) is 0 Å². The Labute approximate surface area is 104 Å². The molecule has 3 aliphatic rings. The van der Waals surface area contributed by atoms with E-state index in [2.05, 4.69) is 10.2 Å². The Morgan fingerprint density at radius 3 is 2.71 bits per heavy atom. The third kappa shape index (κ3) is 2.35. The largest absolute Gasteiger partial charge is 0.335 e. The fourth-order valence-corrected chi connectivity index (χ4v) is 3.63. The van der Waals surface area contributed by atoms with Crippen LogP contribution in [0.15, 0.2) is 0 Å². The van der Waals surface area contributed by atoms with Crippen molar-refractivity contribution in [2.24, 2.45) is 5.92 Å². The van der Waals surface area contributed by atoms with Gasteiger partial charge >= 0.3 is 0 Å². The monoisotopic (exact) mass is 236 g/mol. The first kappa shape index (κ1) is 11.5. The summed E-state index contributed by atoms with van der Waals surface area (Å²) in [6.07, 6.45) is 9.67. The molecule has 0 spiro atoms. The molecule has 1 saturated carbocycles. The molecule has 96 valence electrons. The van der Waals surface area contributed by atoms with Gasteiger partial charge < -0.3 is 10.2 Å². The predicted octanol–water partition coefficient (Wildman–Crippen LogP) is 1.92. The maximum atomic E-state index is 12.4. The molecule has 1 aliphatic carbocycles. The van der Waals surface area contributed by atoms with Crippen LogP contribution in [-0.4, -0.2) is 36.0 Å². The molecule has 17 heavy (non-hydrogen) atoms. The lowest BCUT2D eigenvalue weighted by Crippen LogP contribution is -2.42. The van der Waals surface area contributed by atoms with Crippen molar-refractivity contribution in [1.82, 2.24) is 10.2 Å². The summed E-state index contributed by atoms with van der Waals surface area (Å²) in [5.74, 6) is 1.30. The van der Waals surface area contributed by atoms with Gasteiger partial charge in [0.25, 0.3) is 0 Å². The van der Waals surface area contributed by atoms with Gasteiger partial charge in [-0.05, 0) is 38.1 Å². The van der Waals surface area contributed by atoms with Crippen molar-refractivity contribution in [2.75, 3.05) is 13.1 Å². The molecular formula is C14H24N2O. The van der Waals surface area contributed by atoms with Crippen LogP contribution in [0.1, 0.15) is 51.4 Å². The van der Waals surface area contributed by atoms with Crippen LogP contribution in [0.5, 0.6) is 0 Å². The number of rotatable bonds is 3. The third-order valence-corrected chi connectivity index (χ3v) is 4.93. The van der Waals surface area contributed by atoms with E-state index in [0.717, 1.165) is 38.3 Å². The number of fused-ring (bicyclic) bond motifs is 2. The lowest BCUT2D eigenvalue weighted by molar-refractivity contribution is -0.134. The van der Waals surface area contributed by atoms with E-state index in [1.165, 1.54) is 32.1 Å². The molecule has 2 bridgehead atoms. The Morgan fingerprint density at radius 1 is 1.12 bits per heavy atom. The van der Waals surface area contributed by atoms with E-state index in [1.807, 2.05) is 0 Å². The van der Waals surface area contributed by atoms with Crippen molar-refractivity contribution >= 4 is 5.91 Å². The molecule has 2 heterocycles. The molecule has 0 aromatic heterocycles. The summed E-state index contributed by atoms with van der Waals surface area (Å²) in [7, 11) is 0. The average molecular weight is 236 g/mol. The highest BCUT2D eigenvalue weighted by molar-refractivity contribution is 5.77. The molecule has 1 amide bonds. The molecule has 3 rings (SSSR count). The van der Waals surface area contributed by atoms with E-state index in [-0.39, 0.29) is 0 Å². The highest BCUT2D eigenvalue weighted by Crippen LogP contribution is 2.33. The van der Waals surface area contributed by atoms with Crippen molar-refractivity contribution < 1.29 is 4.79 Å². The number of nitrogens with zero attached hydrogens (tertiary/aromatic N) is 1. The SMILES string of the molecule is O=C(CCC1CCC1)N1C2CCNCC1CC2. The zero-order valence-corrected chi connectivity index (χ0v) is 10.7. The van der Waals surface area contributed by atoms with Gasteiger partial charge in [-0.1, -0.05) is 19.3 Å². The predicted molar refractivity (Wildman–Crippen MR) is 67.7 cm³/mol. The van der Waals surface area contributed by atoms with Crippen LogP contribution < -0.4 is 5.32 Å². The molecule has 3 fully saturated rings. The second kappa shape index (κ2) is 4.97. The van der Waals surface area contributed by atoms with Gasteiger partial charge in [-0.25, -0.2) is 0 Å². The van der Waals surface area contributed by atoms with E-state index < -0.39 is 0 Å². The second-order valence-electron chi connectivity index (χ2n) is 6.01. The van der Waals surface area contributed by atoms with Gasteiger partial charge in [0, 0.05) is 25.0 Å². The molecule has 2 unspecified atom stereocenters. The summed E-state index contributed by atoms with van der Waals surface area (Å²) < 4.78 is 0. The maximum absolute atomic E-state index is 12.4. The first-order valence-corrected chi connectivity index (χ1v) is 7.36. The Hall–Kier alpha value is -0.570. The van der Waals surface area contributed by atoms with E-state index in [4.69, 9.17) is 0 Å². The second-order valence-corrected chi connectivity index (χ2v) is 6.01. The lowest BCUT2D eigenvalue weighted by atomic mass is 9.82. The molecule has 2 aliphatic heterocycles. The fraction of sp³-hybridized carbons (Fsp3) is 0.929. The molecule has 0 aromatic rings. The molecule has 0 aromatic carbocycles. The van der Waals surface area contributed by atoms with E-state index >= 15 is 0 Å². The Bertz CT molecular complexity index is 274. The van der Waals surface area contributed by atoms with Crippen LogP contribution >= 0.6 is 0 Å². The van der Waals surface area contributed by atoms with Crippen LogP contribution in [-0.2, 0) is 4.79 Å². The Morgan fingerprint density at radius 2 is 1.94 bits per heavy atom. The molecule has 2 saturated heterocycles. The summed E-state index contributed by atoms with van der Waals surface area (Å²) >= 11 is 0. The smallest absolute Gasteiger partial charge is 0.223 e. The van der Waals surface area contributed by atoms with Crippen molar-refractivity contribution in [3.8, 4) is 0 Å². The standard InChI is InChI=1S/C14H24N2O/c17-14(7-4-11-2-1-3-11)16-12-5-6-13(16)10-15-9-8-12/h11-13,15H,1-10H2. The van der Waals surface area contributed by atoms with Gasteiger partial charge in [0.05, 0.1) is 0 Å². The summed E-state index contributed by atoms with van der Waals surface area (Å²) in [6, 6.07) is 1.04. The minimum absolute atomic E-state index is 0.438. The zero-order valence-electron chi connectivity index (χ0n) is 10.7. The van der Waals surface area contributed by atoms with Crippen molar-refractivity contribution in [3.63, 3.8) is 0 Å². The van der Waals surface area contributed by atoms with Crippen LogP contribution in [0.4, 0.5) is 0 Å². The van der Waals surface area contributed by atoms with Crippen LogP contribution in [0.2, 0.25) is 0 Å². The number of nitrogens with one attached hydrogen (secondary N) is 1. The van der Waals surface area contributed by atoms with E-state index in [1.54, 1.807) is 0 Å². The minimum Gasteiger partial charge on any atom is -0.335 e. The molecule has 0 radical (unpaired) electrons. The molecule has 2 atom stereocenters.